The number of thiazole rings is 1. The van der Waals surface area contributed by atoms with E-state index in [0.717, 1.165) is 39.5 Å². The van der Waals surface area contributed by atoms with Gasteiger partial charge in [0.05, 0.1) is 20.2 Å². The van der Waals surface area contributed by atoms with Gasteiger partial charge in [-0.05, 0) is 53.0 Å². The second-order valence-electron chi connectivity index (χ2n) is 7.31. The minimum Gasteiger partial charge on any atom is -0.320 e. The summed E-state index contributed by atoms with van der Waals surface area (Å²) in [6.07, 6.45) is 10.4. The number of thiophene rings is 1. The Morgan fingerprint density at radius 1 is 1.06 bits per heavy atom. The fourth-order valence-corrected chi connectivity index (χ4v) is 5.16. The molecule has 1 aliphatic carbocycles. The van der Waals surface area contributed by atoms with Crippen molar-refractivity contribution < 1.29 is 4.79 Å². The van der Waals surface area contributed by atoms with Gasteiger partial charge in [-0.25, -0.2) is 4.98 Å². The molecule has 2 heterocycles. The van der Waals surface area contributed by atoms with Crippen molar-refractivity contribution in [2.24, 2.45) is 0 Å². The van der Waals surface area contributed by atoms with E-state index in [-0.39, 0.29) is 0 Å². The molecule has 1 aliphatic rings. The number of halogens is 1. The fourth-order valence-electron chi connectivity index (χ4n) is 3.35. The summed E-state index contributed by atoms with van der Waals surface area (Å²) in [7, 11) is 0. The van der Waals surface area contributed by atoms with Crippen molar-refractivity contribution in [1.29, 1.82) is 0 Å². The number of carbonyl (C=O) groups excluding carboxylic acids is 1. The maximum absolute atomic E-state index is 10.3. The summed E-state index contributed by atoms with van der Waals surface area (Å²) in [6.45, 7) is 2.15. The first-order valence-corrected chi connectivity index (χ1v) is 12.7. The van der Waals surface area contributed by atoms with Gasteiger partial charge >= 0.3 is 0 Å². The van der Waals surface area contributed by atoms with Gasteiger partial charge in [0.1, 0.15) is 0 Å². The lowest BCUT2D eigenvalue weighted by Gasteiger charge is -2.00. The van der Waals surface area contributed by atoms with Crippen molar-refractivity contribution in [1.82, 2.24) is 4.98 Å². The Morgan fingerprint density at radius 3 is 2.70 bits per heavy atom. The van der Waals surface area contributed by atoms with E-state index in [0.29, 0.717) is 6.41 Å². The van der Waals surface area contributed by atoms with Gasteiger partial charge in [-0.2, -0.15) is 0 Å². The van der Waals surface area contributed by atoms with Crippen LogP contribution in [-0.2, 0) is 11.2 Å². The van der Waals surface area contributed by atoms with Crippen LogP contribution in [0.4, 0.5) is 5.00 Å². The second-order valence-corrected chi connectivity index (χ2v) is 9.83. The van der Waals surface area contributed by atoms with Crippen LogP contribution in [0.5, 0.6) is 0 Å². The highest BCUT2D eigenvalue weighted by Crippen LogP contribution is 2.29. The SMILES string of the molecule is CCc1nc2cc(-c3ccccc3)ccc2s1.O=CNc1cc(C2=CC=C(Cl)CC=C2)cs1. The highest BCUT2D eigenvalue weighted by atomic mass is 35.5. The zero-order valence-electron chi connectivity index (χ0n) is 18.1. The number of hydrogen-bond donors (Lipinski definition) is 1. The van der Waals surface area contributed by atoms with E-state index in [4.69, 9.17) is 11.6 Å². The minimum absolute atomic E-state index is 0.684. The molecule has 0 bridgehead atoms. The highest BCUT2D eigenvalue weighted by Gasteiger charge is 2.05. The Kier molecular flexibility index (Phi) is 7.89. The molecule has 5 rings (SSSR count). The summed E-state index contributed by atoms with van der Waals surface area (Å²) in [6, 6.07) is 18.9. The molecule has 0 unspecified atom stereocenters. The molecular weight excluding hydrogens is 468 g/mol. The number of rotatable bonds is 5. The zero-order valence-corrected chi connectivity index (χ0v) is 20.5. The Morgan fingerprint density at radius 2 is 1.91 bits per heavy atom. The third kappa shape index (κ3) is 6.08. The normalized spacial score (nSPS) is 12.9. The summed E-state index contributed by atoms with van der Waals surface area (Å²) in [5.41, 5.74) is 5.80. The van der Waals surface area contributed by atoms with E-state index in [1.807, 2.05) is 41.8 Å². The number of anilines is 1. The molecule has 0 radical (unpaired) electrons. The van der Waals surface area contributed by atoms with Crippen molar-refractivity contribution in [3.8, 4) is 11.1 Å². The number of aryl methyl sites for hydroxylation is 1. The number of hydrogen-bond acceptors (Lipinski definition) is 4. The lowest BCUT2D eigenvalue weighted by molar-refractivity contribution is -0.105. The number of fused-ring (bicyclic) bond motifs is 1. The van der Waals surface area contributed by atoms with Gasteiger partial charge in [-0.3, -0.25) is 4.79 Å². The first-order chi connectivity index (χ1) is 16.2. The summed E-state index contributed by atoms with van der Waals surface area (Å²) < 4.78 is 1.28. The Hall–Kier alpha value is -2.99. The molecule has 1 amide bonds. The number of benzene rings is 2. The van der Waals surface area contributed by atoms with Crippen molar-refractivity contribution >= 4 is 61.5 Å². The summed E-state index contributed by atoms with van der Waals surface area (Å²) in [5.74, 6) is 0. The predicted octanol–water partition coefficient (Wildman–Crippen LogP) is 8.31. The van der Waals surface area contributed by atoms with E-state index in [1.54, 1.807) is 11.3 Å². The van der Waals surface area contributed by atoms with Crippen LogP contribution in [0.25, 0.3) is 26.9 Å². The van der Waals surface area contributed by atoms with Crippen LogP contribution in [0.2, 0.25) is 0 Å². The number of aromatic nitrogens is 1. The maximum Gasteiger partial charge on any atom is 0.212 e. The van der Waals surface area contributed by atoms with Crippen molar-refractivity contribution in [3.63, 3.8) is 0 Å². The molecule has 2 aromatic heterocycles. The Balaban J connectivity index is 0.000000157. The van der Waals surface area contributed by atoms with Gasteiger partial charge in [-0.15, -0.1) is 22.7 Å². The molecular formula is C27H23ClN2OS2. The number of carbonyl (C=O) groups is 1. The highest BCUT2D eigenvalue weighted by molar-refractivity contribution is 7.18. The number of amides is 1. The molecule has 0 saturated heterocycles. The van der Waals surface area contributed by atoms with E-state index >= 15 is 0 Å². The van der Waals surface area contributed by atoms with Crippen molar-refractivity contribution in [3.05, 3.63) is 99.9 Å². The lowest BCUT2D eigenvalue weighted by Crippen LogP contribution is -1.89. The van der Waals surface area contributed by atoms with Crippen LogP contribution < -0.4 is 5.32 Å². The third-order valence-corrected chi connectivity index (χ3v) is 7.35. The molecule has 2 aromatic carbocycles. The van der Waals surface area contributed by atoms with Crippen LogP contribution in [0.1, 0.15) is 23.9 Å². The Labute approximate surface area is 206 Å². The first kappa shape index (κ1) is 23.2. The van der Waals surface area contributed by atoms with E-state index in [9.17, 15) is 4.79 Å². The molecule has 4 aromatic rings. The molecule has 0 spiro atoms. The van der Waals surface area contributed by atoms with Gasteiger partial charge in [0.2, 0.25) is 6.41 Å². The molecule has 33 heavy (non-hydrogen) atoms. The number of nitrogens with one attached hydrogen (secondary N) is 1. The predicted molar refractivity (Wildman–Crippen MR) is 144 cm³/mol. The average molecular weight is 491 g/mol. The van der Waals surface area contributed by atoms with Gasteiger partial charge in [0.25, 0.3) is 0 Å². The molecule has 166 valence electrons. The second kappa shape index (κ2) is 11.2. The molecule has 1 N–H and O–H groups in total. The molecule has 0 atom stereocenters. The van der Waals surface area contributed by atoms with Crippen LogP contribution in [0, 0.1) is 0 Å². The lowest BCUT2D eigenvalue weighted by atomic mass is 10.1. The standard InChI is InChI=1S/C15H13NS.C12H10ClNOS/c1-2-15-16-13-10-12(8-9-14(13)17-15)11-6-4-3-5-7-11;13-11-3-1-2-9(4-5-11)10-6-12(14-8-15)16-7-10/h3-10H,2H2,1H3;1-2,4-8H,3H2,(H,14,15). The smallest absolute Gasteiger partial charge is 0.212 e. The van der Waals surface area contributed by atoms with Gasteiger partial charge in [-0.1, -0.05) is 73.2 Å². The zero-order chi connectivity index (χ0) is 23.0. The first-order valence-electron chi connectivity index (χ1n) is 10.6. The quantitative estimate of drug-likeness (QED) is 0.286. The molecule has 0 fully saturated rings. The van der Waals surface area contributed by atoms with Crippen LogP contribution >= 0.6 is 34.3 Å². The average Bonchev–Trinajstić information content (AvgIpc) is 3.43. The van der Waals surface area contributed by atoms with Crippen molar-refractivity contribution in [2.45, 2.75) is 19.8 Å². The summed E-state index contributed by atoms with van der Waals surface area (Å²) in [5, 5.41) is 7.53. The largest absolute Gasteiger partial charge is 0.320 e. The van der Waals surface area contributed by atoms with Gasteiger partial charge in [0.15, 0.2) is 0 Å². The minimum atomic E-state index is 0.684. The third-order valence-electron chi connectivity index (χ3n) is 5.03. The summed E-state index contributed by atoms with van der Waals surface area (Å²) in [4.78, 5) is 14.9. The maximum atomic E-state index is 10.3. The van der Waals surface area contributed by atoms with Gasteiger partial charge < -0.3 is 5.32 Å². The van der Waals surface area contributed by atoms with E-state index in [1.165, 1.54) is 32.2 Å². The van der Waals surface area contributed by atoms with E-state index in [2.05, 4.69) is 59.7 Å². The van der Waals surface area contributed by atoms with Crippen molar-refractivity contribution in [2.75, 3.05) is 5.32 Å². The molecule has 0 aliphatic heterocycles. The summed E-state index contributed by atoms with van der Waals surface area (Å²) >= 11 is 9.23. The molecule has 3 nitrogen and oxygen atoms in total. The number of allylic oxidation sites excluding steroid dienone is 6. The van der Waals surface area contributed by atoms with Crippen LogP contribution in [0.15, 0.2) is 89.3 Å². The Bertz CT molecular complexity index is 1330. The van der Waals surface area contributed by atoms with Crippen LogP contribution in [0.3, 0.4) is 0 Å². The topological polar surface area (TPSA) is 42.0 Å². The monoisotopic (exact) mass is 490 g/mol. The molecule has 0 saturated carbocycles. The van der Waals surface area contributed by atoms with Crippen LogP contribution in [-0.4, -0.2) is 11.4 Å². The molecule has 6 heteroatoms. The number of nitrogens with zero attached hydrogens (tertiary/aromatic N) is 1. The van der Waals surface area contributed by atoms with E-state index < -0.39 is 0 Å². The van der Waals surface area contributed by atoms with Gasteiger partial charge in [0, 0.05) is 16.8 Å². The fraction of sp³-hybridized carbons (Fsp3) is 0.111.